The predicted octanol–water partition coefficient (Wildman–Crippen LogP) is 2.48. The fourth-order valence-electron chi connectivity index (χ4n) is 2.22. The van der Waals surface area contributed by atoms with Gasteiger partial charge in [0.15, 0.2) is 0 Å². The van der Waals surface area contributed by atoms with Crippen molar-refractivity contribution < 1.29 is 0 Å². The normalized spacial score (nSPS) is 29.1. The van der Waals surface area contributed by atoms with Crippen molar-refractivity contribution in [2.45, 2.75) is 25.3 Å². The summed E-state index contributed by atoms with van der Waals surface area (Å²) in [7, 11) is 2.05. The van der Waals surface area contributed by atoms with Crippen LogP contribution in [0.4, 0.5) is 0 Å². The van der Waals surface area contributed by atoms with E-state index in [1.54, 1.807) is 6.20 Å². The molecule has 0 radical (unpaired) electrons. The molecule has 2 nitrogen and oxygen atoms in total. The number of rotatable bonds is 6. The second-order valence-electron chi connectivity index (χ2n) is 3.85. The van der Waals surface area contributed by atoms with Gasteiger partial charge in [0.2, 0.25) is 0 Å². The molecular formula is C12H20N2. The van der Waals surface area contributed by atoms with Crippen molar-refractivity contribution >= 4 is 0 Å². The van der Waals surface area contributed by atoms with Gasteiger partial charge < -0.3 is 10.2 Å². The molecule has 1 aliphatic rings. The Kier molecular flexibility index (Phi) is 3.04. The van der Waals surface area contributed by atoms with Gasteiger partial charge in [-0.25, -0.2) is 0 Å². The highest BCUT2D eigenvalue weighted by Gasteiger charge is 2.57. The molecule has 0 aromatic rings. The first-order valence-electron chi connectivity index (χ1n) is 5.05. The van der Waals surface area contributed by atoms with Crippen molar-refractivity contribution in [2.24, 2.45) is 5.92 Å². The van der Waals surface area contributed by atoms with E-state index in [9.17, 15) is 0 Å². The Balaban J connectivity index is 2.80. The molecule has 0 saturated heterocycles. The third kappa shape index (κ3) is 1.45. The monoisotopic (exact) mass is 192 g/mol. The van der Waals surface area contributed by atoms with Gasteiger partial charge in [-0.1, -0.05) is 33.1 Å². The highest BCUT2D eigenvalue weighted by molar-refractivity contribution is 5.30. The maximum Gasteiger partial charge on any atom is 0.0819 e. The highest BCUT2D eigenvalue weighted by atomic mass is 15.2. The summed E-state index contributed by atoms with van der Waals surface area (Å²) >= 11 is 0. The second kappa shape index (κ2) is 3.91. The largest absolute Gasteiger partial charge is 0.370 e. The molecule has 0 aliphatic heterocycles. The Labute approximate surface area is 87.0 Å². The van der Waals surface area contributed by atoms with Gasteiger partial charge >= 0.3 is 0 Å². The van der Waals surface area contributed by atoms with Gasteiger partial charge in [0.05, 0.1) is 5.54 Å². The Bertz CT molecular complexity index is 257. The summed E-state index contributed by atoms with van der Waals surface area (Å²) < 4.78 is 0. The van der Waals surface area contributed by atoms with Gasteiger partial charge in [0.1, 0.15) is 0 Å². The van der Waals surface area contributed by atoms with Crippen molar-refractivity contribution in [1.82, 2.24) is 10.2 Å². The lowest BCUT2D eigenvalue weighted by molar-refractivity contribution is 0.315. The Morgan fingerprint density at radius 1 is 1.64 bits per heavy atom. The summed E-state index contributed by atoms with van der Waals surface area (Å²) in [5, 5.41) is 3.11. The van der Waals surface area contributed by atoms with Crippen LogP contribution in [0.25, 0.3) is 0 Å². The van der Waals surface area contributed by atoms with E-state index in [2.05, 4.69) is 43.9 Å². The minimum Gasteiger partial charge on any atom is -0.370 e. The topological polar surface area (TPSA) is 15.3 Å². The van der Waals surface area contributed by atoms with Crippen LogP contribution in [0.15, 0.2) is 37.8 Å². The van der Waals surface area contributed by atoms with Crippen molar-refractivity contribution in [3.63, 3.8) is 0 Å². The van der Waals surface area contributed by atoms with Crippen LogP contribution in [0.1, 0.15) is 19.8 Å². The third-order valence-electron chi connectivity index (χ3n) is 3.27. The van der Waals surface area contributed by atoms with Crippen LogP contribution in [0, 0.1) is 5.92 Å². The summed E-state index contributed by atoms with van der Waals surface area (Å²) in [6.45, 7) is 13.8. The molecule has 78 valence electrons. The molecule has 1 saturated carbocycles. The first-order chi connectivity index (χ1) is 6.63. The zero-order chi connectivity index (χ0) is 10.8. The van der Waals surface area contributed by atoms with Crippen molar-refractivity contribution in [2.75, 3.05) is 7.05 Å². The molecule has 2 heteroatoms. The quantitative estimate of drug-likeness (QED) is 0.695. The number of nitrogens with one attached hydrogen (secondary N) is 1. The van der Waals surface area contributed by atoms with E-state index in [4.69, 9.17) is 0 Å². The minimum absolute atomic E-state index is 0.0741. The highest BCUT2D eigenvalue weighted by Crippen LogP contribution is 2.53. The number of hydrogen-bond acceptors (Lipinski definition) is 2. The Morgan fingerprint density at radius 2 is 2.29 bits per heavy atom. The standard InChI is InChI=1S/C12H20N2/c1-6-11-9-12(11,14(5)8-3)10(4)13-7-2/h7-8,11,13H,2-4,6,9H2,1,5H3. The van der Waals surface area contributed by atoms with Crippen LogP contribution < -0.4 is 5.32 Å². The van der Waals surface area contributed by atoms with Crippen LogP contribution in [-0.2, 0) is 0 Å². The summed E-state index contributed by atoms with van der Waals surface area (Å²) in [6, 6.07) is 0. The molecule has 0 aromatic heterocycles. The summed E-state index contributed by atoms with van der Waals surface area (Å²) in [4.78, 5) is 2.15. The molecule has 1 aliphatic carbocycles. The van der Waals surface area contributed by atoms with E-state index in [1.165, 1.54) is 6.42 Å². The molecule has 2 unspecified atom stereocenters. The number of hydrogen-bond donors (Lipinski definition) is 1. The smallest absolute Gasteiger partial charge is 0.0819 e. The zero-order valence-corrected chi connectivity index (χ0v) is 9.21. The molecule has 1 N–H and O–H groups in total. The Hall–Kier alpha value is -1.18. The molecule has 0 aromatic carbocycles. The number of nitrogens with zero attached hydrogens (tertiary/aromatic N) is 1. The maximum absolute atomic E-state index is 4.07. The first-order valence-corrected chi connectivity index (χ1v) is 5.05. The second-order valence-corrected chi connectivity index (χ2v) is 3.85. The minimum atomic E-state index is 0.0741. The lowest BCUT2D eigenvalue weighted by Crippen LogP contribution is -2.37. The van der Waals surface area contributed by atoms with Crippen LogP contribution in [0.2, 0.25) is 0 Å². The average Bonchev–Trinajstić information content (AvgIpc) is 2.92. The van der Waals surface area contributed by atoms with E-state index in [1.807, 2.05) is 6.20 Å². The molecule has 0 heterocycles. The molecule has 14 heavy (non-hydrogen) atoms. The van der Waals surface area contributed by atoms with Crippen LogP contribution in [0.5, 0.6) is 0 Å². The van der Waals surface area contributed by atoms with Crippen LogP contribution in [-0.4, -0.2) is 17.5 Å². The van der Waals surface area contributed by atoms with Crippen molar-refractivity contribution in [3.8, 4) is 0 Å². The van der Waals surface area contributed by atoms with Crippen molar-refractivity contribution in [3.05, 3.63) is 37.8 Å². The molecule has 2 atom stereocenters. The third-order valence-corrected chi connectivity index (χ3v) is 3.27. The average molecular weight is 192 g/mol. The van der Waals surface area contributed by atoms with E-state index in [0.29, 0.717) is 5.92 Å². The van der Waals surface area contributed by atoms with Crippen LogP contribution in [0.3, 0.4) is 0 Å². The summed E-state index contributed by atoms with van der Waals surface area (Å²) in [5.41, 5.74) is 1.10. The fraction of sp³-hybridized carbons (Fsp3) is 0.500. The summed E-state index contributed by atoms with van der Waals surface area (Å²) in [5.74, 6) is 0.686. The SMILES string of the molecule is C=CNC(=C)C1(N(C)C=C)CC1CC. The van der Waals surface area contributed by atoms with Crippen molar-refractivity contribution in [1.29, 1.82) is 0 Å². The summed E-state index contributed by atoms with van der Waals surface area (Å²) in [6.07, 6.45) is 5.89. The van der Waals surface area contributed by atoms with Gasteiger partial charge in [0.25, 0.3) is 0 Å². The van der Waals surface area contributed by atoms with Gasteiger partial charge in [-0.3, -0.25) is 0 Å². The molecule has 1 fully saturated rings. The zero-order valence-electron chi connectivity index (χ0n) is 9.21. The van der Waals surface area contributed by atoms with Gasteiger partial charge in [0, 0.05) is 12.7 Å². The lowest BCUT2D eigenvalue weighted by Gasteiger charge is -2.30. The molecule has 0 bridgehead atoms. The fourth-order valence-corrected chi connectivity index (χ4v) is 2.22. The van der Waals surface area contributed by atoms with Gasteiger partial charge in [-0.05, 0) is 24.7 Å². The van der Waals surface area contributed by atoms with Crippen LogP contribution >= 0.6 is 0 Å². The van der Waals surface area contributed by atoms with E-state index in [-0.39, 0.29) is 5.54 Å². The Morgan fingerprint density at radius 3 is 2.64 bits per heavy atom. The molecule has 0 amide bonds. The molecule has 0 spiro atoms. The number of likely N-dealkylation sites (N-methyl/N-ethyl adjacent to an activating group) is 1. The first kappa shape index (κ1) is 10.9. The van der Waals surface area contributed by atoms with E-state index in [0.717, 1.165) is 12.1 Å². The van der Waals surface area contributed by atoms with E-state index < -0.39 is 0 Å². The maximum atomic E-state index is 4.07. The molecule has 1 rings (SSSR count). The van der Waals surface area contributed by atoms with Gasteiger partial charge in [-0.15, -0.1) is 0 Å². The van der Waals surface area contributed by atoms with Gasteiger partial charge in [-0.2, -0.15) is 0 Å². The predicted molar refractivity (Wildman–Crippen MR) is 61.6 cm³/mol. The lowest BCUT2D eigenvalue weighted by atomic mass is 10.1. The molecular weight excluding hydrogens is 172 g/mol. The van der Waals surface area contributed by atoms with E-state index >= 15 is 0 Å².